The molecule has 6 nitrogen and oxygen atoms in total. The molecule has 8 heteroatoms. The second-order valence-corrected chi connectivity index (χ2v) is 9.38. The van der Waals surface area contributed by atoms with Crippen LogP contribution in [0.3, 0.4) is 0 Å². The average Bonchev–Trinajstić information content (AvgIpc) is 2.77. The van der Waals surface area contributed by atoms with Gasteiger partial charge in [0.15, 0.2) is 0 Å². The highest BCUT2D eigenvalue weighted by Gasteiger charge is 2.29. The number of rotatable bonds is 4. The molecule has 2 heterocycles. The second kappa shape index (κ2) is 8.55. The van der Waals surface area contributed by atoms with Gasteiger partial charge < -0.3 is 4.90 Å². The number of carbonyl (C=O) groups excluding carboxylic acids is 1. The lowest BCUT2D eigenvalue weighted by Gasteiger charge is -2.33. The fourth-order valence-electron chi connectivity index (χ4n) is 3.40. The summed E-state index contributed by atoms with van der Waals surface area (Å²) in [5, 5.41) is 2.31. The Morgan fingerprint density at radius 3 is 2.47 bits per heavy atom. The third kappa shape index (κ3) is 4.38. The van der Waals surface area contributed by atoms with E-state index < -0.39 is 10.0 Å². The molecule has 0 radical (unpaired) electrons. The Morgan fingerprint density at radius 1 is 1.00 bits per heavy atom. The van der Waals surface area contributed by atoms with Gasteiger partial charge in [-0.1, -0.05) is 29.8 Å². The second-order valence-electron chi connectivity index (χ2n) is 7.00. The van der Waals surface area contributed by atoms with Crippen molar-refractivity contribution in [3.05, 3.63) is 77.6 Å². The van der Waals surface area contributed by atoms with Crippen LogP contribution in [-0.2, 0) is 14.8 Å². The van der Waals surface area contributed by atoms with Gasteiger partial charge in [0, 0.05) is 49.7 Å². The van der Waals surface area contributed by atoms with Crippen molar-refractivity contribution in [3.8, 4) is 0 Å². The Labute approximate surface area is 180 Å². The van der Waals surface area contributed by atoms with Crippen LogP contribution in [0.4, 0.5) is 0 Å². The van der Waals surface area contributed by atoms with Crippen LogP contribution >= 0.6 is 11.6 Å². The monoisotopic (exact) mass is 441 g/mol. The van der Waals surface area contributed by atoms with Crippen LogP contribution in [0.25, 0.3) is 16.8 Å². The molecule has 1 saturated heterocycles. The van der Waals surface area contributed by atoms with Crippen LogP contribution in [0, 0.1) is 0 Å². The lowest BCUT2D eigenvalue weighted by atomic mass is 10.1. The van der Waals surface area contributed by atoms with Gasteiger partial charge in [0.2, 0.25) is 15.9 Å². The summed E-state index contributed by atoms with van der Waals surface area (Å²) in [6.07, 6.45) is 6.55. The summed E-state index contributed by atoms with van der Waals surface area (Å²) in [4.78, 5) is 18.3. The maximum atomic E-state index is 13.1. The van der Waals surface area contributed by atoms with E-state index in [2.05, 4.69) is 4.98 Å². The zero-order chi connectivity index (χ0) is 21.1. The van der Waals surface area contributed by atoms with E-state index in [1.165, 1.54) is 10.4 Å². The first kappa shape index (κ1) is 20.5. The maximum Gasteiger partial charge on any atom is 0.246 e. The number of piperazine rings is 1. The molecule has 4 rings (SSSR count). The number of hydrogen-bond donors (Lipinski definition) is 0. The molecule has 1 aliphatic rings. The minimum Gasteiger partial charge on any atom is -0.337 e. The third-order valence-electron chi connectivity index (χ3n) is 5.06. The van der Waals surface area contributed by atoms with E-state index in [1.807, 2.05) is 12.1 Å². The first-order chi connectivity index (χ1) is 14.4. The van der Waals surface area contributed by atoms with E-state index in [0.29, 0.717) is 18.1 Å². The number of sulfonamides is 1. The van der Waals surface area contributed by atoms with Crippen LogP contribution in [0.2, 0.25) is 5.02 Å². The molecule has 30 heavy (non-hydrogen) atoms. The molecule has 0 atom stereocenters. The lowest BCUT2D eigenvalue weighted by molar-refractivity contribution is -0.127. The summed E-state index contributed by atoms with van der Waals surface area (Å²) in [6.45, 7) is 1.21. The number of amides is 1. The number of pyridine rings is 1. The number of nitrogens with zero attached hydrogens (tertiary/aromatic N) is 3. The van der Waals surface area contributed by atoms with Crippen molar-refractivity contribution in [2.45, 2.75) is 4.90 Å². The molecular formula is C22H20ClN3O3S. The molecule has 0 aliphatic carbocycles. The molecule has 0 bridgehead atoms. The van der Waals surface area contributed by atoms with Gasteiger partial charge in [-0.05, 0) is 52.7 Å². The SMILES string of the molecule is O=C(C=Cc1cccnc1)N1CCN(S(=O)(=O)c2ccc3cc(Cl)ccc3c2)CC1. The normalized spacial score (nSPS) is 15.7. The Balaban J connectivity index is 1.43. The molecule has 0 spiro atoms. The van der Waals surface area contributed by atoms with E-state index >= 15 is 0 Å². The number of fused-ring (bicyclic) bond motifs is 1. The van der Waals surface area contributed by atoms with Gasteiger partial charge >= 0.3 is 0 Å². The topological polar surface area (TPSA) is 70.6 Å². The van der Waals surface area contributed by atoms with Gasteiger partial charge in [0.05, 0.1) is 4.90 Å². The van der Waals surface area contributed by atoms with Crippen molar-refractivity contribution in [2.75, 3.05) is 26.2 Å². The lowest BCUT2D eigenvalue weighted by Crippen LogP contribution is -2.50. The molecule has 2 aromatic carbocycles. The molecule has 154 valence electrons. The van der Waals surface area contributed by atoms with Crippen LogP contribution in [-0.4, -0.2) is 54.7 Å². The first-order valence-corrected chi connectivity index (χ1v) is 11.3. The van der Waals surface area contributed by atoms with Crippen LogP contribution in [0.1, 0.15) is 5.56 Å². The number of halogens is 1. The number of aromatic nitrogens is 1. The Bertz CT molecular complexity index is 1200. The predicted molar refractivity (Wildman–Crippen MR) is 118 cm³/mol. The van der Waals surface area contributed by atoms with Crippen molar-refractivity contribution < 1.29 is 13.2 Å². The number of carbonyl (C=O) groups is 1. The summed E-state index contributed by atoms with van der Waals surface area (Å²) in [6, 6.07) is 14.0. The van der Waals surface area contributed by atoms with Crippen LogP contribution in [0.5, 0.6) is 0 Å². The standard InChI is InChI=1S/C22H20ClN3O3S/c23-20-6-4-19-15-21(7-5-18(19)14-20)30(28,29)26-12-10-25(11-13-26)22(27)8-3-17-2-1-9-24-16-17/h1-9,14-16H,10-13H2. The van der Waals surface area contributed by atoms with E-state index in [9.17, 15) is 13.2 Å². The average molecular weight is 442 g/mol. The van der Waals surface area contributed by atoms with Crippen LogP contribution < -0.4 is 0 Å². The van der Waals surface area contributed by atoms with Gasteiger partial charge in [-0.15, -0.1) is 0 Å². The highest BCUT2D eigenvalue weighted by Crippen LogP contribution is 2.25. The zero-order valence-electron chi connectivity index (χ0n) is 16.1. The highest BCUT2D eigenvalue weighted by molar-refractivity contribution is 7.89. The summed E-state index contributed by atoms with van der Waals surface area (Å²) in [5.41, 5.74) is 0.838. The van der Waals surface area contributed by atoms with E-state index in [0.717, 1.165) is 16.3 Å². The molecule has 0 saturated carbocycles. The van der Waals surface area contributed by atoms with Gasteiger partial charge in [0.1, 0.15) is 0 Å². The smallest absolute Gasteiger partial charge is 0.246 e. The Hall–Kier alpha value is -2.74. The first-order valence-electron chi connectivity index (χ1n) is 9.50. The van der Waals surface area contributed by atoms with Gasteiger partial charge in [-0.25, -0.2) is 8.42 Å². The van der Waals surface area contributed by atoms with E-state index in [-0.39, 0.29) is 23.9 Å². The Morgan fingerprint density at radius 2 is 1.73 bits per heavy atom. The highest BCUT2D eigenvalue weighted by atomic mass is 35.5. The van der Waals surface area contributed by atoms with Crippen molar-refractivity contribution in [1.82, 2.24) is 14.2 Å². The predicted octanol–water partition coefficient (Wildman–Crippen LogP) is 3.43. The zero-order valence-corrected chi connectivity index (χ0v) is 17.7. The van der Waals surface area contributed by atoms with Crippen LogP contribution in [0.15, 0.2) is 71.9 Å². The molecule has 1 aliphatic heterocycles. The minimum absolute atomic E-state index is 0.140. The molecule has 1 amide bonds. The van der Waals surface area contributed by atoms with Crippen molar-refractivity contribution >= 4 is 44.4 Å². The largest absolute Gasteiger partial charge is 0.337 e. The van der Waals surface area contributed by atoms with E-state index in [1.54, 1.807) is 59.8 Å². The van der Waals surface area contributed by atoms with Crippen molar-refractivity contribution in [1.29, 1.82) is 0 Å². The molecule has 0 N–H and O–H groups in total. The minimum atomic E-state index is -3.63. The van der Waals surface area contributed by atoms with Gasteiger partial charge in [-0.2, -0.15) is 4.31 Å². The van der Waals surface area contributed by atoms with E-state index in [4.69, 9.17) is 11.6 Å². The van der Waals surface area contributed by atoms with Crippen molar-refractivity contribution in [3.63, 3.8) is 0 Å². The summed E-state index contributed by atoms with van der Waals surface area (Å²) in [7, 11) is -3.63. The number of hydrogen-bond acceptors (Lipinski definition) is 4. The number of benzene rings is 2. The summed E-state index contributed by atoms with van der Waals surface area (Å²) < 4.78 is 27.6. The molecule has 3 aromatic rings. The quantitative estimate of drug-likeness (QED) is 0.581. The molecule has 0 unspecified atom stereocenters. The fourth-order valence-corrected chi connectivity index (χ4v) is 5.04. The van der Waals surface area contributed by atoms with Gasteiger partial charge in [-0.3, -0.25) is 9.78 Å². The Kier molecular flexibility index (Phi) is 5.85. The van der Waals surface area contributed by atoms with Crippen molar-refractivity contribution in [2.24, 2.45) is 0 Å². The summed E-state index contributed by atoms with van der Waals surface area (Å²) >= 11 is 6.00. The molecule has 1 fully saturated rings. The van der Waals surface area contributed by atoms with Gasteiger partial charge in [0.25, 0.3) is 0 Å². The molecule has 1 aromatic heterocycles. The maximum absolute atomic E-state index is 13.1. The molecular weight excluding hydrogens is 422 g/mol. The third-order valence-corrected chi connectivity index (χ3v) is 7.19. The fraction of sp³-hybridized carbons (Fsp3) is 0.182. The summed E-state index contributed by atoms with van der Waals surface area (Å²) in [5.74, 6) is -0.140.